The van der Waals surface area contributed by atoms with Crippen molar-refractivity contribution in [2.24, 2.45) is 0 Å². The first-order valence-corrected chi connectivity index (χ1v) is 10.2. The van der Waals surface area contributed by atoms with Gasteiger partial charge in [-0.05, 0) is 49.6 Å². The van der Waals surface area contributed by atoms with Crippen molar-refractivity contribution in [3.8, 4) is 0 Å². The molecule has 1 aromatic carbocycles. The first-order chi connectivity index (χ1) is 12.4. The van der Waals surface area contributed by atoms with Crippen molar-refractivity contribution in [3.63, 3.8) is 0 Å². The van der Waals surface area contributed by atoms with Gasteiger partial charge in [-0.1, -0.05) is 6.07 Å². The van der Waals surface area contributed by atoms with Gasteiger partial charge in [0.25, 0.3) is 0 Å². The maximum absolute atomic E-state index is 13.5. The van der Waals surface area contributed by atoms with E-state index in [1.165, 1.54) is 29.3 Å². The molecule has 138 valence electrons. The standard InChI is InChI=1S/C18H21FN4O2S/c1-13-2-5-15(19)12-17(13)26(24,25)23-10-8-22(9-11-23)18-7-6-16(20-21-18)14-3-4-14/h2,5-7,12,14H,3-4,8-11H2,1H3. The summed E-state index contributed by atoms with van der Waals surface area (Å²) in [4.78, 5) is 2.08. The second-order valence-corrected chi connectivity index (χ2v) is 8.80. The van der Waals surface area contributed by atoms with Crippen molar-refractivity contribution < 1.29 is 12.8 Å². The van der Waals surface area contributed by atoms with Gasteiger partial charge in [-0.25, -0.2) is 12.8 Å². The van der Waals surface area contributed by atoms with Crippen LogP contribution in [0, 0.1) is 12.7 Å². The molecule has 1 aromatic heterocycles. The van der Waals surface area contributed by atoms with Gasteiger partial charge < -0.3 is 4.90 Å². The normalized spacial score (nSPS) is 18.9. The molecular formula is C18H21FN4O2S. The second kappa shape index (κ2) is 6.59. The number of piperazine rings is 1. The van der Waals surface area contributed by atoms with Crippen LogP contribution < -0.4 is 4.90 Å². The molecule has 0 bridgehead atoms. The van der Waals surface area contributed by atoms with Gasteiger partial charge in [0.15, 0.2) is 5.82 Å². The van der Waals surface area contributed by atoms with Crippen LogP contribution in [0.5, 0.6) is 0 Å². The maximum Gasteiger partial charge on any atom is 0.243 e. The van der Waals surface area contributed by atoms with E-state index < -0.39 is 15.8 Å². The highest BCUT2D eigenvalue weighted by molar-refractivity contribution is 7.89. The lowest BCUT2D eigenvalue weighted by Crippen LogP contribution is -2.49. The molecule has 1 saturated heterocycles. The van der Waals surface area contributed by atoms with Crippen LogP contribution in [0.2, 0.25) is 0 Å². The Morgan fingerprint density at radius 1 is 1.04 bits per heavy atom. The Labute approximate surface area is 152 Å². The molecule has 2 aromatic rings. The molecule has 26 heavy (non-hydrogen) atoms. The minimum atomic E-state index is -3.70. The first-order valence-electron chi connectivity index (χ1n) is 8.80. The Morgan fingerprint density at radius 2 is 1.77 bits per heavy atom. The van der Waals surface area contributed by atoms with E-state index in [0.717, 1.165) is 17.6 Å². The van der Waals surface area contributed by atoms with Crippen LogP contribution in [0.3, 0.4) is 0 Å². The topological polar surface area (TPSA) is 66.4 Å². The van der Waals surface area contributed by atoms with Gasteiger partial charge in [-0.15, -0.1) is 5.10 Å². The summed E-state index contributed by atoms with van der Waals surface area (Å²) >= 11 is 0. The average Bonchev–Trinajstić information content (AvgIpc) is 3.49. The second-order valence-electron chi connectivity index (χ2n) is 6.89. The van der Waals surface area contributed by atoms with Crippen LogP contribution in [0.1, 0.15) is 30.0 Å². The molecule has 2 fully saturated rings. The molecule has 0 radical (unpaired) electrons. The van der Waals surface area contributed by atoms with Gasteiger partial charge in [-0.3, -0.25) is 0 Å². The molecular weight excluding hydrogens is 355 g/mol. The van der Waals surface area contributed by atoms with Gasteiger partial charge in [-0.2, -0.15) is 9.40 Å². The number of hydrogen-bond acceptors (Lipinski definition) is 5. The summed E-state index contributed by atoms with van der Waals surface area (Å²) in [5, 5.41) is 8.58. The Hall–Kier alpha value is -2.06. The molecule has 1 aliphatic carbocycles. The van der Waals surface area contributed by atoms with Crippen LogP contribution in [-0.4, -0.2) is 49.1 Å². The fourth-order valence-electron chi connectivity index (χ4n) is 3.25. The summed E-state index contributed by atoms with van der Waals surface area (Å²) in [5.74, 6) is 0.792. The molecule has 6 nitrogen and oxygen atoms in total. The van der Waals surface area contributed by atoms with E-state index in [9.17, 15) is 12.8 Å². The van der Waals surface area contributed by atoms with E-state index in [4.69, 9.17) is 0 Å². The zero-order valence-corrected chi connectivity index (χ0v) is 15.4. The fourth-order valence-corrected chi connectivity index (χ4v) is 4.91. The molecule has 1 aliphatic heterocycles. The summed E-state index contributed by atoms with van der Waals surface area (Å²) in [6.07, 6.45) is 2.37. The van der Waals surface area contributed by atoms with E-state index in [1.54, 1.807) is 6.92 Å². The zero-order chi connectivity index (χ0) is 18.3. The summed E-state index contributed by atoms with van der Waals surface area (Å²) in [5.41, 5.74) is 1.59. The van der Waals surface area contributed by atoms with Crippen LogP contribution in [0.4, 0.5) is 10.2 Å². The van der Waals surface area contributed by atoms with Gasteiger partial charge in [0.1, 0.15) is 5.82 Å². The number of benzene rings is 1. The SMILES string of the molecule is Cc1ccc(F)cc1S(=O)(=O)N1CCN(c2ccc(C3CC3)nn2)CC1. The number of sulfonamides is 1. The Bertz CT molecular complexity index is 905. The first kappa shape index (κ1) is 17.4. The van der Waals surface area contributed by atoms with Gasteiger partial charge in [0.05, 0.1) is 10.6 Å². The van der Waals surface area contributed by atoms with E-state index >= 15 is 0 Å². The highest BCUT2D eigenvalue weighted by Crippen LogP contribution is 2.38. The van der Waals surface area contributed by atoms with E-state index in [-0.39, 0.29) is 4.90 Å². The molecule has 0 atom stereocenters. The largest absolute Gasteiger partial charge is 0.352 e. The van der Waals surface area contributed by atoms with Gasteiger partial charge >= 0.3 is 0 Å². The van der Waals surface area contributed by atoms with Crippen LogP contribution in [-0.2, 0) is 10.0 Å². The van der Waals surface area contributed by atoms with Crippen molar-refractivity contribution in [2.45, 2.75) is 30.6 Å². The van der Waals surface area contributed by atoms with Gasteiger partial charge in [0.2, 0.25) is 10.0 Å². The minimum absolute atomic E-state index is 0.0412. The summed E-state index contributed by atoms with van der Waals surface area (Å²) < 4.78 is 40.6. The molecule has 8 heteroatoms. The third-order valence-corrected chi connectivity index (χ3v) is 7.04. The quantitative estimate of drug-likeness (QED) is 0.819. The zero-order valence-electron chi connectivity index (χ0n) is 14.6. The highest BCUT2D eigenvalue weighted by Gasteiger charge is 2.31. The number of aryl methyl sites for hydroxylation is 1. The van der Waals surface area contributed by atoms with Crippen molar-refractivity contribution in [1.82, 2.24) is 14.5 Å². The van der Waals surface area contributed by atoms with Crippen molar-refractivity contribution >= 4 is 15.8 Å². The molecule has 0 amide bonds. The van der Waals surface area contributed by atoms with Crippen molar-refractivity contribution in [2.75, 3.05) is 31.1 Å². The number of anilines is 1. The fraction of sp³-hybridized carbons (Fsp3) is 0.444. The summed E-state index contributed by atoms with van der Waals surface area (Å²) in [6, 6.07) is 7.84. The predicted molar refractivity (Wildman–Crippen MR) is 96.1 cm³/mol. The molecule has 0 unspecified atom stereocenters. The highest BCUT2D eigenvalue weighted by atomic mass is 32.2. The number of hydrogen-bond donors (Lipinski definition) is 0. The monoisotopic (exact) mass is 376 g/mol. The molecule has 2 heterocycles. The maximum atomic E-state index is 13.5. The smallest absolute Gasteiger partial charge is 0.243 e. The summed E-state index contributed by atoms with van der Waals surface area (Å²) in [6.45, 7) is 3.42. The molecule has 2 aliphatic rings. The molecule has 0 spiro atoms. The minimum Gasteiger partial charge on any atom is -0.352 e. The van der Waals surface area contributed by atoms with E-state index in [2.05, 4.69) is 10.2 Å². The third-order valence-electron chi connectivity index (χ3n) is 5.00. The molecule has 1 saturated carbocycles. The number of rotatable bonds is 4. The van der Waals surface area contributed by atoms with Crippen LogP contribution in [0.25, 0.3) is 0 Å². The number of nitrogens with zero attached hydrogens (tertiary/aromatic N) is 4. The lowest BCUT2D eigenvalue weighted by Gasteiger charge is -2.34. The lowest BCUT2D eigenvalue weighted by atomic mass is 10.2. The van der Waals surface area contributed by atoms with Crippen LogP contribution in [0.15, 0.2) is 35.2 Å². The van der Waals surface area contributed by atoms with Crippen molar-refractivity contribution in [3.05, 3.63) is 47.4 Å². The van der Waals surface area contributed by atoms with E-state index in [1.807, 2.05) is 17.0 Å². The Balaban J connectivity index is 1.46. The van der Waals surface area contributed by atoms with Gasteiger partial charge in [0, 0.05) is 32.1 Å². The summed E-state index contributed by atoms with van der Waals surface area (Å²) in [7, 11) is -3.70. The molecule has 0 N–H and O–H groups in total. The average molecular weight is 376 g/mol. The third kappa shape index (κ3) is 3.31. The molecule has 4 rings (SSSR count). The van der Waals surface area contributed by atoms with E-state index in [0.29, 0.717) is 37.7 Å². The van der Waals surface area contributed by atoms with Crippen molar-refractivity contribution in [1.29, 1.82) is 0 Å². The van der Waals surface area contributed by atoms with Crippen LogP contribution >= 0.6 is 0 Å². The number of aromatic nitrogens is 2. The number of halogens is 1. The Kier molecular flexibility index (Phi) is 4.40. The Morgan fingerprint density at radius 3 is 2.38 bits per heavy atom. The lowest BCUT2D eigenvalue weighted by molar-refractivity contribution is 0.383. The predicted octanol–water partition coefficient (Wildman–Crippen LogP) is 2.31.